The second-order valence-electron chi connectivity index (χ2n) is 5.64. The van der Waals surface area contributed by atoms with Crippen LogP contribution in [0.5, 0.6) is 0 Å². The highest BCUT2D eigenvalue weighted by molar-refractivity contribution is 8.01. The number of aromatic nitrogens is 4. The van der Waals surface area contributed by atoms with E-state index in [4.69, 9.17) is 16.1 Å². The molecular weight excluding hydrogens is 406 g/mol. The molecule has 27 heavy (non-hydrogen) atoms. The molecule has 0 fully saturated rings. The Hall–Kier alpha value is -1.97. The van der Waals surface area contributed by atoms with Crippen LogP contribution in [0.4, 0.5) is 5.13 Å². The average molecular weight is 424 g/mol. The lowest BCUT2D eigenvalue weighted by Gasteiger charge is -1.98. The number of hydrogen-bond donors (Lipinski definition) is 1. The molecular formula is C17H18ClN5O2S2. The molecule has 2 heterocycles. The lowest BCUT2D eigenvalue weighted by Crippen LogP contribution is -2.12. The van der Waals surface area contributed by atoms with E-state index >= 15 is 0 Å². The van der Waals surface area contributed by atoms with E-state index in [2.05, 4.69) is 32.6 Å². The van der Waals surface area contributed by atoms with Crippen molar-refractivity contribution in [3.63, 3.8) is 0 Å². The molecule has 10 heteroatoms. The summed E-state index contributed by atoms with van der Waals surface area (Å²) in [4.78, 5) is 16.4. The maximum atomic E-state index is 12.1. The molecule has 0 bridgehead atoms. The fourth-order valence-electron chi connectivity index (χ4n) is 2.10. The molecule has 1 amide bonds. The Kier molecular flexibility index (Phi) is 7.19. The van der Waals surface area contributed by atoms with Crippen molar-refractivity contribution in [3.8, 4) is 11.4 Å². The number of carbonyl (C=O) groups is 1. The van der Waals surface area contributed by atoms with Gasteiger partial charge in [-0.2, -0.15) is 4.98 Å². The first-order chi connectivity index (χ1) is 13.1. The monoisotopic (exact) mass is 423 g/mol. The smallest absolute Gasteiger partial charge is 0.227 e. The molecule has 0 aliphatic carbocycles. The van der Waals surface area contributed by atoms with Crippen LogP contribution in [0.3, 0.4) is 0 Å². The van der Waals surface area contributed by atoms with E-state index in [-0.39, 0.29) is 12.3 Å². The Balaban J connectivity index is 1.47. The SMILES string of the molecule is CCCCSc1nnc(NC(=O)CCc2nc(-c3ccc(Cl)cc3)no2)s1. The Morgan fingerprint density at radius 2 is 2.11 bits per heavy atom. The zero-order chi connectivity index (χ0) is 19.1. The van der Waals surface area contributed by atoms with E-state index in [1.807, 2.05) is 12.1 Å². The summed E-state index contributed by atoms with van der Waals surface area (Å²) >= 11 is 8.91. The molecule has 0 aliphatic rings. The minimum atomic E-state index is -0.164. The van der Waals surface area contributed by atoms with Gasteiger partial charge in [-0.3, -0.25) is 4.79 Å². The van der Waals surface area contributed by atoms with Gasteiger partial charge in [-0.1, -0.05) is 53.2 Å². The van der Waals surface area contributed by atoms with Gasteiger partial charge in [0, 0.05) is 29.2 Å². The summed E-state index contributed by atoms with van der Waals surface area (Å²) < 4.78 is 6.07. The predicted molar refractivity (Wildman–Crippen MR) is 107 cm³/mol. The van der Waals surface area contributed by atoms with Gasteiger partial charge in [0.25, 0.3) is 0 Å². The Morgan fingerprint density at radius 1 is 1.30 bits per heavy atom. The first kappa shape index (κ1) is 19.8. The Morgan fingerprint density at radius 3 is 2.89 bits per heavy atom. The van der Waals surface area contributed by atoms with Crippen LogP contribution in [0.1, 0.15) is 32.1 Å². The lowest BCUT2D eigenvalue weighted by atomic mass is 10.2. The molecule has 1 aromatic carbocycles. The van der Waals surface area contributed by atoms with Crippen molar-refractivity contribution < 1.29 is 9.32 Å². The zero-order valence-electron chi connectivity index (χ0n) is 14.6. The number of rotatable bonds is 9. The van der Waals surface area contributed by atoms with Crippen molar-refractivity contribution in [2.75, 3.05) is 11.1 Å². The Labute approximate surface area is 169 Å². The van der Waals surface area contributed by atoms with Crippen LogP contribution >= 0.6 is 34.7 Å². The minimum Gasteiger partial charge on any atom is -0.339 e. The number of anilines is 1. The number of thioether (sulfide) groups is 1. The largest absolute Gasteiger partial charge is 0.339 e. The van der Waals surface area contributed by atoms with Crippen molar-refractivity contribution in [1.82, 2.24) is 20.3 Å². The lowest BCUT2D eigenvalue weighted by molar-refractivity contribution is -0.116. The predicted octanol–water partition coefficient (Wildman–Crippen LogP) is 4.71. The van der Waals surface area contributed by atoms with Crippen LogP contribution < -0.4 is 5.32 Å². The molecule has 3 rings (SSSR count). The molecule has 0 saturated carbocycles. The highest BCUT2D eigenvalue weighted by atomic mass is 35.5. The summed E-state index contributed by atoms with van der Waals surface area (Å²) in [6.45, 7) is 2.15. The van der Waals surface area contributed by atoms with Gasteiger partial charge in [0.1, 0.15) is 0 Å². The first-order valence-electron chi connectivity index (χ1n) is 8.48. The topological polar surface area (TPSA) is 93.8 Å². The molecule has 0 unspecified atom stereocenters. The van der Waals surface area contributed by atoms with Gasteiger partial charge in [-0.05, 0) is 30.7 Å². The number of nitrogens with one attached hydrogen (secondary N) is 1. The van der Waals surface area contributed by atoms with Crippen LogP contribution in [-0.2, 0) is 11.2 Å². The number of aryl methyl sites for hydroxylation is 1. The number of hydrogen-bond acceptors (Lipinski definition) is 8. The van der Waals surface area contributed by atoms with Gasteiger partial charge >= 0.3 is 0 Å². The van der Waals surface area contributed by atoms with Crippen molar-refractivity contribution in [1.29, 1.82) is 0 Å². The molecule has 0 radical (unpaired) electrons. The van der Waals surface area contributed by atoms with E-state index in [0.717, 1.165) is 28.5 Å². The quantitative estimate of drug-likeness (QED) is 0.302. The molecule has 0 atom stereocenters. The minimum absolute atomic E-state index is 0.164. The molecule has 7 nitrogen and oxygen atoms in total. The molecule has 142 valence electrons. The zero-order valence-corrected chi connectivity index (χ0v) is 17.0. The van der Waals surface area contributed by atoms with E-state index in [1.165, 1.54) is 11.3 Å². The summed E-state index contributed by atoms with van der Waals surface area (Å²) in [5.74, 6) is 1.72. The number of unbranched alkanes of at least 4 members (excludes halogenated alkanes) is 1. The van der Waals surface area contributed by atoms with Gasteiger partial charge in [0.2, 0.25) is 22.8 Å². The van der Waals surface area contributed by atoms with Crippen molar-refractivity contribution in [2.45, 2.75) is 36.9 Å². The number of benzene rings is 1. The van der Waals surface area contributed by atoms with Crippen molar-refractivity contribution in [3.05, 3.63) is 35.2 Å². The number of halogens is 1. The summed E-state index contributed by atoms with van der Waals surface area (Å²) in [5.41, 5.74) is 0.806. The summed E-state index contributed by atoms with van der Waals surface area (Å²) in [7, 11) is 0. The van der Waals surface area contributed by atoms with Crippen LogP contribution in [0.2, 0.25) is 5.02 Å². The van der Waals surface area contributed by atoms with Gasteiger partial charge in [0.15, 0.2) is 4.34 Å². The summed E-state index contributed by atoms with van der Waals surface area (Å²) in [6, 6.07) is 7.15. The van der Waals surface area contributed by atoms with Crippen LogP contribution in [0.15, 0.2) is 33.1 Å². The maximum absolute atomic E-state index is 12.1. The third-order valence-corrected chi connectivity index (χ3v) is 5.82. The molecule has 0 saturated heterocycles. The van der Waals surface area contributed by atoms with Crippen molar-refractivity contribution in [2.24, 2.45) is 0 Å². The molecule has 1 N–H and O–H groups in total. The highest BCUT2D eigenvalue weighted by Crippen LogP contribution is 2.26. The average Bonchev–Trinajstić information content (AvgIpc) is 3.31. The third kappa shape index (κ3) is 6.02. The maximum Gasteiger partial charge on any atom is 0.227 e. The Bertz CT molecular complexity index is 882. The normalized spacial score (nSPS) is 10.9. The van der Waals surface area contributed by atoms with E-state index in [1.54, 1.807) is 23.9 Å². The van der Waals surface area contributed by atoms with Gasteiger partial charge in [-0.15, -0.1) is 10.2 Å². The summed E-state index contributed by atoms with van der Waals surface area (Å²) in [6.07, 6.45) is 2.85. The standard InChI is InChI=1S/C17H18ClN5O2S2/c1-2-3-10-26-17-22-21-16(27-17)19-13(24)8-9-14-20-15(23-25-14)11-4-6-12(18)7-5-11/h4-7H,2-3,8-10H2,1H3,(H,19,21,24). The number of carbonyl (C=O) groups excluding carboxylic acids is 1. The molecule has 0 aliphatic heterocycles. The van der Waals surface area contributed by atoms with E-state index < -0.39 is 0 Å². The number of nitrogens with zero attached hydrogens (tertiary/aromatic N) is 4. The van der Waals surface area contributed by atoms with E-state index in [9.17, 15) is 4.79 Å². The van der Waals surface area contributed by atoms with Crippen LogP contribution in [0.25, 0.3) is 11.4 Å². The van der Waals surface area contributed by atoms with Crippen molar-refractivity contribution >= 4 is 45.7 Å². The second kappa shape index (κ2) is 9.82. The second-order valence-corrected chi connectivity index (χ2v) is 8.40. The molecule has 0 spiro atoms. The van der Waals surface area contributed by atoms with E-state index in [0.29, 0.717) is 28.3 Å². The fraction of sp³-hybridized carbons (Fsp3) is 0.353. The summed E-state index contributed by atoms with van der Waals surface area (Å²) in [5, 5.41) is 15.9. The number of amides is 1. The fourth-order valence-corrected chi connectivity index (χ4v) is 4.15. The highest BCUT2D eigenvalue weighted by Gasteiger charge is 2.12. The van der Waals surface area contributed by atoms with Gasteiger partial charge < -0.3 is 9.84 Å². The first-order valence-corrected chi connectivity index (χ1v) is 10.7. The van der Waals surface area contributed by atoms with Crippen LogP contribution in [-0.4, -0.2) is 32.0 Å². The van der Waals surface area contributed by atoms with Gasteiger partial charge in [0.05, 0.1) is 0 Å². The molecule has 3 aromatic rings. The van der Waals surface area contributed by atoms with Crippen LogP contribution in [0, 0.1) is 0 Å². The van der Waals surface area contributed by atoms with Gasteiger partial charge in [-0.25, -0.2) is 0 Å². The molecule has 2 aromatic heterocycles. The third-order valence-electron chi connectivity index (χ3n) is 3.51.